The number of furan rings is 1. The van der Waals surface area contributed by atoms with E-state index in [9.17, 15) is 14.8 Å². The van der Waals surface area contributed by atoms with Crippen LogP contribution in [0.4, 0.5) is 10.3 Å². The molecule has 3 N–H and O–H groups in total. The Balaban J connectivity index is 1.71. The lowest BCUT2D eigenvalue weighted by molar-refractivity contribution is 0.469. The van der Waals surface area contributed by atoms with Crippen molar-refractivity contribution >= 4 is 16.9 Å². The molecule has 150 valence electrons. The first-order valence-electron chi connectivity index (χ1n) is 9.47. The van der Waals surface area contributed by atoms with E-state index in [0.717, 1.165) is 32.2 Å². The second-order valence-corrected chi connectivity index (χ2v) is 6.99. The first-order valence-corrected chi connectivity index (χ1v) is 9.47. The van der Waals surface area contributed by atoms with Crippen molar-refractivity contribution < 1.29 is 13.9 Å². The highest BCUT2D eigenvalue weighted by atomic mass is 19.1. The number of halogens is 1. The number of benzene rings is 1. The lowest BCUT2D eigenvalue weighted by atomic mass is 9.97. The van der Waals surface area contributed by atoms with E-state index in [-0.39, 0.29) is 22.6 Å². The fourth-order valence-corrected chi connectivity index (χ4v) is 3.74. The van der Waals surface area contributed by atoms with Crippen LogP contribution in [0.25, 0.3) is 33.6 Å². The summed E-state index contributed by atoms with van der Waals surface area (Å²) in [5.41, 5.74) is 1.35. The summed E-state index contributed by atoms with van der Waals surface area (Å²) in [5.74, 6) is 0.310. The molecule has 0 aliphatic carbocycles. The number of aromatic nitrogens is 3. The van der Waals surface area contributed by atoms with Crippen LogP contribution < -0.4 is 10.2 Å². The van der Waals surface area contributed by atoms with Gasteiger partial charge in [0.05, 0.1) is 22.8 Å². The van der Waals surface area contributed by atoms with Gasteiger partial charge in [-0.05, 0) is 18.2 Å². The molecule has 1 saturated heterocycles. The van der Waals surface area contributed by atoms with Crippen LogP contribution in [0.3, 0.4) is 0 Å². The van der Waals surface area contributed by atoms with Crippen molar-refractivity contribution in [1.82, 2.24) is 20.5 Å². The lowest BCUT2D eigenvalue weighted by Crippen LogP contribution is -2.43. The number of H-pyrrole nitrogens is 1. The fraction of sp³-hybridized carbons (Fsp3) is 0.190. The Hall–Kier alpha value is -3.90. The van der Waals surface area contributed by atoms with E-state index in [1.165, 1.54) is 12.1 Å². The van der Waals surface area contributed by atoms with Gasteiger partial charge < -0.3 is 19.7 Å². The molecule has 4 heterocycles. The van der Waals surface area contributed by atoms with Gasteiger partial charge in [-0.2, -0.15) is 10.4 Å². The number of phenolic OH excluding ortho intramolecular Hbond substituents is 1. The van der Waals surface area contributed by atoms with Crippen LogP contribution in [0.2, 0.25) is 0 Å². The highest BCUT2D eigenvalue weighted by molar-refractivity contribution is 5.98. The van der Waals surface area contributed by atoms with E-state index >= 15 is 0 Å². The molecule has 1 aliphatic heterocycles. The zero-order valence-corrected chi connectivity index (χ0v) is 15.8. The number of aromatic hydroxyl groups is 1. The van der Waals surface area contributed by atoms with Crippen LogP contribution in [0, 0.1) is 17.1 Å². The van der Waals surface area contributed by atoms with Crippen LogP contribution in [0.15, 0.2) is 40.9 Å². The monoisotopic (exact) mass is 404 g/mol. The molecule has 1 aromatic carbocycles. The number of nitriles is 1. The minimum absolute atomic E-state index is 0.107. The number of fused-ring (bicyclic) bond motifs is 1. The number of phenols is 1. The smallest absolute Gasteiger partial charge is 0.196 e. The molecule has 8 nitrogen and oxygen atoms in total. The summed E-state index contributed by atoms with van der Waals surface area (Å²) in [6.07, 6.45) is 1.57. The molecule has 9 heteroatoms. The molecular weight excluding hydrogens is 387 g/mol. The van der Waals surface area contributed by atoms with Crippen LogP contribution in [0.1, 0.15) is 5.56 Å². The van der Waals surface area contributed by atoms with Crippen molar-refractivity contribution in [2.45, 2.75) is 0 Å². The number of aromatic amines is 1. The zero-order chi connectivity index (χ0) is 20.7. The number of hydrogen-bond donors (Lipinski definition) is 3. The van der Waals surface area contributed by atoms with Crippen molar-refractivity contribution in [2.24, 2.45) is 0 Å². The number of pyridine rings is 1. The van der Waals surface area contributed by atoms with Gasteiger partial charge in [0.2, 0.25) is 0 Å². The molecule has 0 radical (unpaired) electrons. The van der Waals surface area contributed by atoms with Crippen molar-refractivity contribution in [2.75, 3.05) is 31.1 Å². The topological polar surface area (TPSA) is 114 Å². The summed E-state index contributed by atoms with van der Waals surface area (Å²) in [7, 11) is 0. The first kappa shape index (κ1) is 18.1. The summed E-state index contributed by atoms with van der Waals surface area (Å²) < 4.78 is 20.7. The largest absolute Gasteiger partial charge is 0.508 e. The normalized spacial score (nSPS) is 14.2. The maximum atomic E-state index is 14.6. The van der Waals surface area contributed by atoms with Crippen LogP contribution in [-0.4, -0.2) is 46.5 Å². The summed E-state index contributed by atoms with van der Waals surface area (Å²) >= 11 is 0. The number of nitrogens with one attached hydrogen (secondary N) is 2. The summed E-state index contributed by atoms with van der Waals surface area (Å²) in [4.78, 5) is 6.55. The summed E-state index contributed by atoms with van der Waals surface area (Å²) in [6.45, 7) is 3.37. The molecule has 0 amide bonds. The van der Waals surface area contributed by atoms with E-state index in [2.05, 4.69) is 31.5 Å². The number of piperazine rings is 1. The van der Waals surface area contributed by atoms with Gasteiger partial charge in [-0.25, -0.2) is 9.37 Å². The third kappa shape index (κ3) is 2.94. The average molecular weight is 404 g/mol. The second-order valence-electron chi connectivity index (χ2n) is 6.99. The Labute approximate surface area is 170 Å². The van der Waals surface area contributed by atoms with Gasteiger partial charge >= 0.3 is 0 Å². The molecular formula is C21H17FN6O2. The number of nitrogens with zero attached hydrogens (tertiary/aromatic N) is 4. The van der Waals surface area contributed by atoms with Gasteiger partial charge in [-0.3, -0.25) is 5.10 Å². The summed E-state index contributed by atoms with van der Waals surface area (Å²) in [6, 6.07) is 9.57. The van der Waals surface area contributed by atoms with Gasteiger partial charge in [0.25, 0.3) is 0 Å². The molecule has 0 saturated carbocycles. The zero-order valence-electron chi connectivity index (χ0n) is 15.8. The molecule has 0 atom stereocenters. The number of anilines is 1. The Morgan fingerprint density at radius 2 is 2.03 bits per heavy atom. The van der Waals surface area contributed by atoms with Crippen LogP contribution in [-0.2, 0) is 0 Å². The molecule has 5 rings (SSSR count). The minimum Gasteiger partial charge on any atom is -0.508 e. The lowest BCUT2D eigenvalue weighted by Gasteiger charge is -2.26. The van der Waals surface area contributed by atoms with E-state index in [4.69, 9.17) is 4.42 Å². The van der Waals surface area contributed by atoms with Crippen molar-refractivity contribution in [1.29, 1.82) is 5.26 Å². The molecule has 0 unspecified atom stereocenters. The number of hydrogen-bond acceptors (Lipinski definition) is 7. The maximum absolute atomic E-state index is 14.6. The van der Waals surface area contributed by atoms with E-state index < -0.39 is 5.82 Å². The Kier molecular flexibility index (Phi) is 4.34. The predicted octanol–water partition coefficient (Wildman–Crippen LogP) is 3.01. The van der Waals surface area contributed by atoms with Crippen LogP contribution in [0.5, 0.6) is 5.75 Å². The van der Waals surface area contributed by atoms with Gasteiger partial charge in [0.1, 0.15) is 23.4 Å². The minimum atomic E-state index is -0.676. The molecule has 1 aliphatic rings. The Morgan fingerprint density at radius 1 is 1.20 bits per heavy atom. The SMILES string of the molecule is N#Cc1c(-c2ccc(O)cc2F)nc2[nH]ncc2c1-c1ccc(N2CCNCC2)o1. The molecule has 3 aromatic heterocycles. The third-order valence-corrected chi connectivity index (χ3v) is 5.19. The van der Waals surface area contributed by atoms with Gasteiger partial charge in [-0.15, -0.1) is 0 Å². The molecule has 4 aromatic rings. The predicted molar refractivity (Wildman–Crippen MR) is 108 cm³/mol. The van der Waals surface area contributed by atoms with Crippen LogP contribution >= 0.6 is 0 Å². The van der Waals surface area contributed by atoms with E-state index in [1.807, 2.05) is 6.07 Å². The molecule has 0 bridgehead atoms. The highest BCUT2D eigenvalue weighted by Gasteiger charge is 2.24. The fourth-order valence-electron chi connectivity index (χ4n) is 3.74. The molecule has 0 spiro atoms. The quantitative estimate of drug-likeness (QED) is 0.481. The maximum Gasteiger partial charge on any atom is 0.196 e. The van der Waals surface area contributed by atoms with Crippen molar-refractivity contribution in [3.63, 3.8) is 0 Å². The highest BCUT2D eigenvalue weighted by Crippen LogP contribution is 2.39. The first-order chi connectivity index (χ1) is 14.7. The Morgan fingerprint density at radius 3 is 2.80 bits per heavy atom. The second kappa shape index (κ2) is 7.17. The van der Waals surface area contributed by atoms with Gasteiger partial charge in [-0.1, -0.05) is 0 Å². The van der Waals surface area contributed by atoms with E-state index in [1.54, 1.807) is 12.3 Å². The Bertz CT molecular complexity index is 1280. The van der Waals surface area contributed by atoms with E-state index in [0.29, 0.717) is 28.2 Å². The standard InChI is InChI=1S/C21H17FN6O2/c22-16-9-12(29)1-2-13(16)20-14(10-23)19(15-11-25-27-21(15)26-20)17-3-4-18(30-17)28-7-5-24-6-8-28/h1-4,9,11,24,29H,5-8H2,(H,25,26,27). The average Bonchev–Trinajstić information content (AvgIpc) is 3.43. The van der Waals surface area contributed by atoms with Crippen molar-refractivity contribution in [3.05, 3.63) is 47.9 Å². The van der Waals surface area contributed by atoms with Gasteiger partial charge in [0, 0.05) is 49.4 Å². The van der Waals surface area contributed by atoms with Crippen molar-refractivity contribution in [3.8, 4) is 34.4 Å². The summed E-state index contributed by atoms with van der Waals surface area (Å²) in [5, 5.41) is 30.2. The number of rotatable bonds is 3. The molecule has 30 heavy (non-hydrogen) atoms. The third-order valence-electron chi connectivity index (χ3n) is 5.19. The van der Waals surface area contributed by atoms with Gasteiger partial charge in [0.15, 0.2) is 11.5 Å². The molecule has 1 fully saturated rings.